The molecule has 0 aliphatic heterocycles. The van der Waals surface area contributed by atoms with Gasteiger partial charge in [-0.1, -0.05) is 17.7 Å². The zero-order chi connectivity index (χ0) is 14.7. The monoisotopic (exact) mass is 318 g/mol. The Bertz CT molecular complexity index is 740. The van der Waals surface area contributed by atoms with E-state index in [9.17, 15) is 4.79 Å². The van der Waals surface area contributed by atoms with Crippen molar-refractivity contribution in [1.82, 2.24) is 14.8 Å². The van der Waals surface area contributed by atoms with Gasteiger partial charge in [-0.2, -0.15) is 5.10 Å². The van der Waals surface area contributed by atoms with Gasteiger partial charge in [-0.05, 0) is 29.6 Å². The number of carbonyl (C=O) groups excluding carboxylic acids is 1. The Balaban J connectivity index is 1.84. The Morgan fingerprint density at radius 3 is 3.00 bits per heavy atom. The van der Waals surface area contributed by atoms with E-state index in [4.69, 9.17) is 11.6 Å². The summed E-state index contributed by atoms with van der Waals surface area (Å²) in [5.74, 6) is -0.0962. The Morgan fingerprint density at radius 1 is 1.38 bits per heavy atom. The van der Waals surface area contributed by atoms with Gasteiger partial charge in [-0.15, -0.1) is 11.3 Å². The van der Waals surface area contributed by atoms with Crippen molar-refractivity contribution in [3.05, 3.63) is 58.3 Å². The van der Waals surface area contributed by atoms with Crippen LogP contribution in [0.3, 0.4) is 0 Å². The van der Waals surface area contributed by atoms with Crippen LogP contribution in [0.1, 0.15) is 4.88 Å². The lowest BCUT2D eigenvalue weighted by Crippen LogP contribution is -2.15. The summed E-state index contributed by atoms with van der Waals surface area (Å²) in [4.78, 5) is 17.0. The van der Waals surface area contributed by atoms with Crippen LogP contribution in [0.15, 0.2) is 48.4 Å². The van der Waals surface area contributed by atoms with Crippen molar-refractivity contribution < 1.29 is 4.79 Å². The van der Waals surface area contributed by atoms with Crippen LogP contribution < -0.4 is 5.32 Å². The van der Waals surface area contributed by atoms with Crippen LogP contribution >= 0.6 is 22.9 Å². The number of benzene rings is 1. The van der Waals surface area contributed by atoms with Crippen molar-refractivity contribution in [3.8, 4) is 5.69 Å². The third-order valence-electron chi connectivity index (χ3n) is 2.81. The number of halogens is 1. The maximum atomic E-state index is 12.1. The lowest BCUT2D eigenvalue weighted by atomic mass is 10.2. The highest BCUT2D eigenvalue weighted by molar-refractivity contribution is 7.10. The first-order valence-electron chi connectivity index (χ1n) is 6.19. The standard InChI is InChI=1S/C14H11ClN4OS/c15-10-3-4-13(19-9-16-8-17-19)12(6-10)18-14(20)7-11-2-1-5-21-11/h1-6,8-9H,7H2,(H,18,20). The van der Waals surface area contributed by atoms with Crippen LogP contribution in [0, 0.1) is 0 Å². The van der Waals surface area contributed by atoms with Crippen LogP contribution in [-0.4, -0.2) is 20.7 Å². The first-order chi connectivity index (χ1) is 10.2. The molecule has 0 bridgehead atoms. The van der Waals surface area contributed by atoms with Crippen molar-refractivity contribution in [3.63, 3.8) is 0 Å². The molecule has 7 heteroatoms. The van der Waals surface area contributed by atoms with Gasteiger partial charge in [-0.3, -0.25) is 4.79 Å². The Hall–Kier alpha value is -2.18. The van der Waals surface area contributed by atoms with Crippen LogP contribution in [0.5, 0.6) is 0 Å². The largest absolute Gasteiger partial charge is 0.324 e. The second kappa shape index (κ2) is 6.07. The fraction of sp³-hybridized carbons (Fsp3) is 0.0714. The van der Waals surface area contributed by atoms with E-state index >= 15 is 0 Å². The van der Waals surface area contributed by atoms with E-state index < -0.39 is 0 Å². The van der Waals surface area contributed by atoms with E-state index in [1.165, 1.54) is 6.33 Å². The molecular weight excluding hydrogens is 308 g/mol. The number of aromatic nitrogens is 3. The van der Waals surface area contributed by atoms with Crippen molar-refractivity contribution in [2.45, 2.75) is 6.42 Å². The molecule has 1 N–H and O–H groups in total. The Morgan fingerprint density at radius 2 is 2.29 bits per heavy atom. The molecule has 0 unspecified atom stereocenters. The normalized spacial score (nSPS) is 10.5. The van der Waals surface area contributed by atoms with Gasteiger partial charge in [0.15, 0.2) is 0 Å². The highest BCUT2D eigenvalue weighted by Gasteiger charge is 2.11. The van der Waals surface area contributed by atoms with E-state index in [-0.39, 0.29) is 5.91 Å². The fourth-order valence-electron chi connectivity index (χ4n) is 1.91. The second-order valence-electron chi connectivity index (χ2n) is 4.31. The van der Waals surface area contributed by atoms with Crippen LogP contribution in [0.25, 0.3) is 5.69 Å². The predicted octanol–water partition coefficient (Wildman–Crippen LogP) is 3.16. The molecule has 1 aromatic carbocycles. The zero-order valence-corrected chi connectivity index (χ0v) is 12.4. The van der Waals surface area contributed by atoms with Crippen molar-refractivity contribution in [1.29, 1.82) is 0 Å². The van der Waals surface area contributed by atoms with Gasteiger partial charge >= 0.3 is 0 Å². The van der Waals surface area contributed by atoms with Gasteiger partial charge in [0.2, 0.25) is 5.91 Å². The molecule has 0 fully saturated rings. The van der Waals surface area contributed by atoms with Crippen molar-refractivity contribution in [2.75, 3.05) is 5.32 Å². The van der Waals surface area contributed by atoms with Gasteiger partial charge < -0.3 is 5.32 Å². The van der Waals surface area contributed by atoms with E-state index in [2.05, 4.69) is 15.4 Å². The van der Waals surface area contributed by atoms with Gasteiger partial charge in [0.1, 0.15) is 12.7 Å². The summed E-state index contributed by atoms with van der Waals surface area (Å²) in [5, 5.41) is 9.44. The molecular formula is C14H11ClN4OS. The van der Waals surface area contributed by atoms with Crippen molar-refractivity contribution >= 4 is 34.5 Å². The summed E-state index contributed by atoms with van der Waals surface area (Å²) in [6.45, 7) is 0. The number of thiophene rings is 1. The topological polar surface area (TPSA) is 59.8 Å². The fourth-order valence-corrected chi connectivity index (χ4v) is 2.78. The summed E-state index contributed by atoms with van der Waals surface area (Å²) < 4.78 is 1.58. The van der Waals surface area contributed by atoms with Gasteiger partial charge in [0.05, 0.1) is 17.8 Å². The number of carbonyl (C=O) groups is 1. The summed E-state index contributed by atoms with van der Waals surface area (Å²) in [5.41, 5.74) is 1.32. The summed E-state index contributed by atoms with van der Waals surface area (Å²) in [6, 6.07) is 9.09. The first-order valence-corrected chi connectivity index (χ1v) is 7.45. The minimum Gasteiger partial charge on any atom is -0.324 e. The summed E-state index contributed by atoms with van der Waals surface area (Å²) in [6.07, 6.45) is 3.34. The van der Waals surface area contributed by atoms with Crippen LogP contribution in [0.4, 0.5) is 5.69 Å². The summed E-state index contributed by atoms with van der Waals surface area (Å²) >= 11 is 7.56. The average Bonchev–Trinajstić information content (AvgIpc) is 3.11. The zero-order valence-electron chi connectivity index (χ0n) is 10.9. The molecule has 2 aromatic heterocycles. The number of rotatable bonds is 4. The SMILES string of the molecule is O=C(Cc1cccs1)Nc1cc(Cl)ccc1-n1cncn1. The maximum absolute atomic E-state index is 12.1. The molecule has 0 saturated heterocycles. The molecule has 3 aromatic rings. The molecule has 21 heavy (non-hydrogen) atoms. The number of hydrogen-bond donors (Lipinski definition) is 1. The van der Waals surface area contributed by atoms with E-state index in [0.717, 1.165) is 10.6 Å². The van der Waals surface area contributed by atoms with E-state index in [0.29, 0.717) is 17.1 Å². The summed E-state index contributed by atoms with van der Waals surface area (Å²) in [7, 11) is 0. The molecule has 0 spiro atoms. The Kier molecular flexibility index (Phi) is 3.98. The number of hydrogen-bond acceptors (Lipinski definition) is 4. The third-order valence-corrected chi connectivity index (χ3v) is 3.92. The minimum atomic E-state index is -0.0962. The lowest BCUT2D eigenvalue weighted by Gasteiger charge is -2.11. The molecule has 1 amide bonds. The molecule has 0 atom stereocenters. The third kappa shape index (κ3) is 3.29. The molecule has 3 rings (SSSR count). The molecule has 0 aliphatic carbocycles. The average molecular weight is 319 g/mol. The number of amides is 1. The quantitative estimate of drug-likeness (QED) is 0.803. The van der Waals surface area contributed by atoms with Crippen molar-refractivity contribution in [2.24, 2.45) is 0 Å². The van der Waals surface area contributed by atoms with Gasteiger partial charge in [0.25, 0.3) is 0 Å². The molecule has 0 saturated carbocycles. The van der Waals surface area contributed by atoms with Crippen LogP contribution in [-0.2, 0) is 11.2 Å². The lowest BCUT2D eigenvalue weighted by molar-refractivity contribution is -0.115. The predicted molar refractivity (Wildman–Crippen MR) is 83.0 cm³/mol. The van der Waals surface area contributed by atoms with E-state index in [1.807, 2.05) is 17.5 Å². The van der Waals surface area contributed by atoms with Crippen LogP contribution in [0.2, 0.25) is 5.02 Å². The second-order valence-corrected chi connectivity index (χ2v) is 5.77. The molecule has 0 aliphatic rings. The number of nitrogens with one attached hydrogen (secondary N) is 1. The van der Waals surface area contributed by atoms with Gasteiger partial charge in [0, 0.05) is 9.90 Å². The minimum absolute atomic E-state index is 0.0962. The number of nitrogens with zero attached hydrogens (tertiary/aromatic N) is 3. The molecule has 2 heterocycles. The van der Waals surface area contributed by atoms with E-state index in [1.54, 1.807) is 40.5 Å². The first kappa shape index (κ1) is 13.8. The molecule has 5 nitrogen and oxygen atoms in total. The smallest absolute Gasteiger partial charge is 0.229 e. The Labute approximate surface area is 130 Å². The highest BCUT2D eigenvalue weighted by atomic mass is 35.5. The molecule has 0 radical (unpaired) electrons. The number of anilines is 1. The highest BCUT2D eigenvalue weighted by Crippen LogP contribution is 2.24. The molecule has 106 valence electrons. The van der Waals surface area contributed by atoms with Gasteiger partial charge in [-0.25, -0.2) is 9.67 Å². The maximum Gasteiger partial charge on any atom is 0.229 e.